The summed E-state index contributed by atoms with van der Waals surface area (Å²) in [6, 6.07) is 3.44. The Labute approximate surface area is 112 Å². The average Bonchev–Trinajstić information content (AvgIpc) is 2.37. The molecule has 0 heterocycles. The van der Waals surface area contributed by atoms with E-state index in [9.17, 15) is 22.4 Å². The van der Waals surface area contributed by atoms with Crippen LogP contribution < -0.4 is 5.32 Å². The van der Waals surface area contributed by atoms with Gasteiger partial charge in [0, 0.05) is 0 Å². The Kier molecular flexibility index (Phi) is 3.74. The standard InChI is InChI=1S/C14H9F4NO/c1-7-2-5-11(10(16)6-7)19-13-8(14(18)20)3-4-9(15)12(13)17/h2-6,19H,1H3. The summed E-state index contributed by atoms with van der Waals surface area (Å²) in [5, 5.41) is 2.21. The molecule has 20 heavy (non-hydrogen) atoms. The number of halogens is 4. The van der Waals surface area contributed by atoms with Crippen molar-refractivity contribution in [1.82, 2.24) is 0 Å². The van der Waals surface area contributed by atoms with Crippen LogP contribution in [0, 0.1) is 24.4 Å². The van der Waals surface area contributed by atoms with Crippen LogP contribution in [0.5, 0.6) is 0 Å². The Bertz CT molecular complexity index is 685. The summed E-state index contributed by atoms with van der Waals surface area (Å²) >= 11 is 0. The summed E-state index contributed by atoms with van der Waals surface area (Å²) in [6.45, 7) is 1.64. The summed E-state index contributed by atoms with van der Waals surface area (Å²) in [5.41, 5.74) is -1.01. The zero-order chi connectivity index (χ0) is 14.9. The maximum absolute atomic E-state index is 13.6. The summed E-state index contributed by atoms with van der Waals surface area (Å²) in [7, 11) is 0. The Balaban J connectivity index is 2.52. The van der Waals surface area contributed by atoms with Crippen molar-refractivity contribution in [3.05, 3.63) is 58.9 Å². The third-order valence-electron chi connectivity index (χ3n) is 2.69. The van der Waals surface area contributed by atoms with Crippen LogP contribution in [0.25, 0.3) is 0 Å². The van der Waals surface area contributed by atoms with Crippen LogP contribution >= 0.6 is 0 Å². The number of aryl methyl sites for hydroxylation is 1. The summed E-state index contributed by atoms with van der Waals surface area (Å²) in [5.74, 6) is -3.45. The summed E-state index contributed by atoms with van der Waals surface area (Å²) in [4.78, 5) is 10.8. The monoisotopic (exact) mass is 283 g/mol. The second-order valence-corrected chi connectivity index (χ2v) is 4.17. The van der Waals surface area contributed by atoms with Gasteiger partial charge in [0.05, 0.1) is 16.9 Å². The molecule has 0 bridgehead atoms. The molecule has 0 aromatic heterocycles. The molecule has 2 aromatic carbocycles. The van der Waals surface area contributed by atoms with Gasteiger partial charge >= 0.3 is 6.04 Å². The van der Waals surface area contributed by atoms with Gasteiger partial charge in [0.1, 0.15) is 5.82 Å². The third-order valence-corrected chi connectivity index (χ3v) is 2.69. The summed E-state index contributed by atoms with van der Waals surface area (Å²) < 4.78 is 53.2. The van der Waals surface area contributed by atoms with Gasteiger partial charge in [-0.15, -0.1) is 0 Å². The molecule has 0 atom stereocenters. The van der Waals surface area contributed by atoms with Gasteiger partial charge in [0.2, 0.25) is 0 Å². The molecule has 0 spiro atoms. The fraction of sp³-hybridized carbons (Fsp3) is 0.0714. The lowest BCUT2D eigenvalue weighted by molar-refractivity contribution is 0.0836. The van der Waals surface area contributed by atoms with Gasteiger partial charge in [-0.2, -0.15) is 4.39 Å². The van der Waals surface area contributed by atoms with E-state index in [-0.39, 0.29) is 5.69 Å². The highest BCUT2D eigenvalue weighted by Gasteiger charge is 2.19. The number of benzene rings is 2. The van der Waals surface area contributed by atoms with Crippen molar-refractivity contribution in [2.75, 3.05) is 5.32 Å². The second-order valence-electron chi connectivity index (χ2n) is 4.17. The van der Waals surface area contributed by atoms with Crippen molar-refractivity contribution in [3.63, 3.8) is 0 Å². The molecule has 1 N–H and O–H groups in total. The quantitative estimate of drug-likeness (QED) is 0.673. The Hall–Kier alpha value is -2.37. The number of anilines is 2. The normalized spacial score (nSPS) is 10.4. The molecule has 2 rings (SSSR count). The van der Waals surface area contributed by atoms with Crippen LogP contribution in [0.15, 0.2) is 30.3 Å². The molecule has 0 saturated heterocycles. The first-order valence-electron chi connectivity index (χ1n) is 5.61. The molecule has 6 heteroatoms. The number of carbonyl (C=O) groups is 1. The van der Waals surface area contributed by atoms with Gasteiger partial charge in [0.25, 0.3) is 0 Å². The van der Waals surface area contributed by atoms with Crippen molar-refractivity contribution in [3.8, 4) is 0 Å². The number of hydrogen-bond donors (Lipinski definition) is 1. The molecule has 0 aliphatic rings. The van der Waals surface area contributed by atoms with Gasteiger partial charge in [-0.25, -0.2) is 13.2 Å². The number of nitrogens with one attached hydrogen (secondary N) is 1. The molecule has 104 valence electrons. The zero-order valence-corrected chi connectivity index (χ0v) is 10.3. The van der Waals surface area contributed by atoms with Crippen LogP contribution in [0.1, 0.15) is 15.9 Å². The predicted octanol–water partition coefficient (Wildman–Crippen LogP) is 4.27. The molecule has 2 nitrogen and oxygen atoms in total. The van der Waals surface area contributed by atoms with Gasteiger partial charge in [-0.05, 0) is 36.8 Å². The fourth-order valence-corrected chi connectivity index (χ4v) is 1.69. The Morgan fingerprint density at radius 2 is 1.75 bits per heavy atom. The van der Waals surface area contributed by atoms with Crippen LogP contribution in [-0.4, -0.2) is 6.04 Å². The van der Waals surface area contributed by atoms with Crippen LogP contribution in [-0.2, 0) is 0 Å². The smallest absolute Gasteiger partial charge is 0.334 e. The minimum Gasteiger partial charge on any atom is -0.350 e. The van der Waals surface area contributed by atoms with E-state index < -0.39 is 34.7 Å². The lowest BCUT2D eigenvalue weighted by atomic mass is 10.1. The molecule has 0 aliphatic carbocycles. The van der Waals surface area contributed by atoms with E-state index in [0.717, 1.165) is 12.1 Å². The SMILES string of the molecule is Cc1ccc(Nc2c(C(=O)F)ccc(F)c2F)c(F)c1. The van der Waals surface area contributed by atoms with Crippen LogP contribution in [0.2, 0.25) is 0 Å². The van der Waals surface area contributed by atoms with E-state index in [0.29, 0.717) is 11.6 Å². The molecule has 0 radical (unpaired) electrons. The van der Waals surface area contributed by atoms with E-state index in [1.165, 1.54) is 12.1 Å². The number of hydrogen-bond acceptors (Lipinski definition) is 2. The lowest BCUT2D eigenvalue weighted by Crippen LogP contribution is -2.05. The van der Waals surface area contributed by atoms with Crippen LogP contribution in [0.4, 0.5) is 28.9 Å². The highest BCUT2D eigenvalue weighted by Crippen LogP contribution is 2.28. The molecule has 2 aromatic rings. The van der Waals surface area contributed by atoms with Crippen molar-refractivity contribution in [2.24, 2.45) is 0 Å². The van der Waals surface area contributed by atoms with Crippen molar-refractivity contribution >= 4 is 17.4 Å². The van der Waals surface area contributed by atoms with E-state index in [1.807, 2.05) is 0 Å². The highest BCUT2D eigenvalue weighted by atomic mass is 19.2. The molecule has 0 fully saturated rings. The number of carbonyl (C=O) groups excluding carboxylic acids is 1. The minimum atomic E-state index is -1.95. The maximum atomic E-state index is 13.6. The second kappa shape index (κ2) is 5.32. The molecule has 0 saturated carbocycles. The lowest BCUT2D eigenvalue weighted by Gasteiger charge is -2.12. The molecule has 0 amide bonds. The molecular weight excluding hydrogens is 274 g/mol. The molecule has 0 aliphatic heterocycles. The van der Waals surface area contributed by atoms with Crippen molar-refractivity contribution in [1.29, 1.82) is 0 Å². The molecular formula is C14H9F4NO. The average molecular weight is 283 g/mol. The third kappa shape index (κ3) is 2.64. The van der Waals surface area contributed by atoms with E-state index in [2.05, 4.69) is 5.32 Å². The topological polar surface area (TPSA) is 29.1 Å². The number of rotatable bonds is 3. The van der Waals surface area contributed by atoms with Crippen LogP contribution in [0.3, 0.4) is 0 Å². The Morgan fingerprint density at radius 3 is 2.35 bits per heavy atom. The first-order valence-corrected chi connectivity index (χ1v) is 5.61. The first-order chi connectivity index (χ1) is 9.40. The van der Waals surface area contributed by atoms with Crippen molar-refractivity contribution in [2.45, 2.75) is 6.92 Å². The maximum Gasteiger partial charge on any atom is 0.334 e. The van der Waals surface area contributed by atoms with Gasteiger partial charge in [-0.1, -0.05) is 6.07 Å². The van der Waals surface area contributed by atoms with Crippen molar-refractivity contribution < 1.29 is 22.4 Å². The van der Waals surface area contributed by atoms with Gasteiger partial charge in [-0.3, -0.25) is 4.79 Å². The van der Waals surface area contributed by atoms with E-state index >= 15 is 0 Å². The fourth-order valence-electron chi connectivity index (χ4n) is 1.69. The largest absolute Gasteiger partial charge is 0.350 e. The van der Waals surface area contributed by atoms with E-state index in [1.54, 1.807) is 6.92 Å². The van der Waals surface area contributed by atoms with E-state index in [4.69, 9.17) is 0 Å². The summed E-state index contributed by atoms with van der Waals surface area (Å²) in [6.07, 6.45) is 0. The first kappa shape index (κ1) is 14.0. The van der Waals surface area contributed by atoms with Gasteiger partial charge < -0.3 is 5.32 Å². The Morgan fingerprint density at radius 1 is 1.05 bits per heavy atom. The predicted molar refractivity (Wildman–Crippen MR) is 66.2 cm³/mol. The molecule has 0 unspecified atom stereocenters. The van der Waals surface area contributed by atoms with Gasteiger partial charge in [0.15, 0.2) is 11.6 Å². The zero-order valence-electron chi connectivity index (χ0n) is 10.3. The minimum absolute atomic E-state index is 0.192. The highest BCUT2D eigenvalue weighted by molar-refractivity contribution is 5.96.